The quantitative estimate of drug-likeness (QED) is 0.746. The maximum atomic E-state index is 12.8. The molecular weight excluding hydrogens is 193 g/mol. The number of hydrogen-bond acceptors (Lipinski definition) is 1. The number of benzene rings is 1. The Morgan fingerprint density at radius 2 is 1.64 bits per heavy atom. The highest BCUT2D eigenvalue weighted by molar-refractivity contribution is 5.32. The topological polar surface area (TPSA) is 20.2 Å². The van der Waals surface area contributed by atoms with Gasteiger partial charge in [0.1, 0.15) is 5.82 Å². The SMILES string of the molecule is CC.CCc1c(F)cc(F)c(O)c1F. The maximum Gasteiger partial charge on any atom is 0.188 e. The predicted molar refractivity (Wildman–Crippen MR) is 48.7 cm³/mol. The number of aromatic hydroxyl groups is 1. The molecule has 0 bridgehead atoms. The zero-order valence-corrected chi connectivity index (χ0v) is 8.37. The summed E-state index contributed by atoms with van der Waals surface area (Å²) < 4.78 is 37.9. The lowest BCUT2D eigenvalue weighted by atomic mass is 10.1. The summed E-state index contributed by atoms with van der Waals surface area (Å²) in [4.78, 5) is 0. The van der Waals surface area contributed by atoms with Crippen molar-refractivity contribution in [3.63, 3.8) is 0 Å². The highest BCUT2D eigenvalue weighted by Crippen LogP contribution is 2.25. The first-order chi connectivity index (χ1) is 6.57. The largest absolute Gasteiger partial charge is 0.503 e. The third-order valence-electron chi connectivity index (χ3n) is 1.59. The third-order valence-corrected chi connectivity index (χ3v) is 1.59. The van der Waals surface area contributed by atoms with Crippen LogP contribution in [0.15, 0.2) is 6.07 Å². The summed E-state index contributed by atoms with van der Waals surface area (Å²) in [5.41, 5.74) is -0.297. The first kappa shape index (κ1) is 12.8. The van der Waals surface area contributed by atoms with Crippen LogP contribution in [0.5, 0.6) is 5.75 Å². The lowest BCUT2D eigenvalue weighted by Crippen LogP contribution is -1.96. The van der Waals surface area contributed by atoms with Gasteiger partial charge in [-0.3, -0.25) is 0 Å². The van der Waals surface area contributed by atoms with Crippen LogP contribution in [0.2, 0.25) is 0 Å². The minimum Gasteiger partial charge on any atom is -0.503 e. The van der Waals surface area contributed by atoms with Crippen molar-refractivity contribution in [3.05, 3.63) is 29.1 Å². The molecule has 1 N–H and O–H groups in total. The molecule has 0 saturated heterocycles. The van der Waals surface area contributed by atoms with Crippen LogP contribution in [-0.4, -0.2) is 5.11 Å². The van der Waals surface area contributed by atoms with Crippen LogP contribution < -0.4 is 0 Å². The van der Waals surface area contributed by atoms with Gasteiger partial charge < -0.3 is 5.11 Å². The van der Waals surface area contributed by atoms with Gasteiger partial charge >= 0.3 is 0 Å². The molecule has 1 aromatic rings. The Morgan fingerprint density at radius 3 is 2.07 bits per heavy atom. The number of phenols is 1. The lowest BCUT2D eigenvalue weighted by molar-refractivity contribution is 0.385. The first-order valence-electron chi connectivity index (χ1n) is 4.43. The summed E-state index contributed by atoms with van der Waals surface area (Å²) in [6, 6.07) is 0.469. The van der Waals surface area contributed by atoms with Crippen molar-refractivity contribution < 1.29 is 18.3 Å². The van der Waals surface area contributed by atoms with Crippen molar-refractivity contribution in [2.45, 2.75) is 27.2 Å². The number of hydrogen-bond donors (Lipinski definition) is 1. The molecule has 0 aliphatic carbocycles. The molecule has 0 heterocycles. The number of phenolic OH excluding ortho intramolecular Hbond substituents is 1. The molecule has 0 aromatic heterocycles. The summed E-state index contributed by atoms with van der Waals surface area (Å²) >= 11 is 0. The Morgan fingerprint density at radius 1 is 1.14 bits per heavy atom. The second-order valence-corrected chi connectivity index (χ2v) is 2.33. The minimum absolute atomic E-state index is 0.0749. The summed E-state index contributed by atoms with van der Waals surface area (Å²) in [7, 11) is 0. The van der Waals surface area contributed by atoms with E-state index in [0.717, 1.165) is 0 Å². The van der Waals surface area contributed by atoms with E-state index in [1.54, 1.807) is 0 Å². The number of halogens is 3. The molecule has 0 saturated carbocycles. The van der Waals surface area contributed by atoms with Crippen molar-refractivity contribution in [2.75, 3.05) is 0 Å². The predicted octanol–water partition coefficient (Wildman–Crippen LogP) is 3.40. The van der Waals surface area contributed by atoms with E-state index < -0.39 is 23.2 Å². The molecule has 4 heteroatoms. The van der Waals surface area contributed by atoms with Gasteiger partial charge in [-0.2, -0.15) is 0 Å². The molecule has 1 nitrogen and oxygen atoms in total. The zero-order chi connectivity index (χ0) is 11.3. The van der Waals surface area contributed by atoms with Gasteiger partial charge in [-0.05, 0) is 6.42 Å². The van der Waals surface area contributed by atoms with E-state index in [9.17, 15) is 13.2 Å². The van der Waals surface area contributed by atoms with E-state index >= 15 is 0 Å². The normalized spacial score (nSPS) is 9.29. The Labute approximate surface area is 81.2 Å². The molecule has 1 rings (SSSR count). The highest BCUT2D eigenvalue weighted by atomic mass is 19.1. The van der Waals surface area contributed by atoms with Crippen LogP contribution in [0.3, 0.4) is 0 Å². The van der Waals surface area contributed by atoms with E-state index in [1.807, 2.05) is 13.8 Å². The van der Waals surface area contributed by atoms with Crippen molar-refractivity contribution in [1.29, 1.82) is 0 Å². The van der Waals surface area contributed by atoms with Crippen LogP contribution in [0.4, 0.5) is 13.2 Å². The average Bonchev–Trinajstić information content (AvgIpc) is 2.18. The van der Waals surface area contributed by atoms with Crippen molar-refractivity contribution in [2.24, 2.45) is 0 Å². The summed E-state index contributed by atoms with van der Waals surface area (Å²) in [6.45, 7) is 5.51. The summed E-state index contributed by atoms with van der Waals surface area (Å²) in [6.07, 6.45) is 0.0749. The third kappa shape index (κ3) is 2.40. The van der Waals surface area contributed by atoms with E-state index in [-0.39, 0.29) is 12.0 Å². The second-order valence-electron chi connectivity index (χ2n) is 2.33. The Hall–Kier alpha value is -1.19. The van der Waals surface area contributed by atoms with Gasteiger partial charge in [0, 0.05) is 11.6 Å². The van der Waals surface area contributed by atoms with Crippen molar-refractivity contribution in [1.82, 2.24) is 0 Å². The first-order valence-corrected chi connectivity index (χ1v) is 4.43. The van der Waals surface area contributed by atoms with Crippen molar-refractivity contribution in [3.8, 4) is 5.75 Å². The van der Waals surface area contributed by atoms with E-state index in [0.29, 0.717) is 6.07 Å². The summed E-state index contributed by atoms with van der Waals surface area (Å²) in [5, 5.41) is 8.73. The Kier molecular flexibility index (Phi) is 5.05. The maximum absolute atomic E-state index is 12.8. The molecule has 0 spiro atoms. The second kappa shape index (κ2) is 5.52. The smallest absolute Gasteiger partial charge is 0.188 e. The lowest BCUT2D eigenvalue weighted by Gasteiger charge is -2.03. The van der Waals surface area contributed by atoms with Crippen molar-refractivity contribution >= 4 is 0 Å². The van der Waals surface area contributed by atoms with Crippen LogP contribution in [0.25, 0.3) is 0 Å². The van der Waals surface area contributed by atoms with Gasteiger partial charge in [-0.1, -0.05) is 20.8 Å². The Balaban J connectivity index is 0.000000791. The molecule has 1 aromatic carbocycles. The highest BCUT2D eigenvalue weighted by Gasteiger charge is 2.16. The fourth-order valence-corrected chi connectivity index (χ4v) is 0.943. The zero-order valence-electron chi connectivity index (χ0n) is 8.37. The monoisotopic (exact) mass is 206 g/mol. The van der Waals surface area contributed by atoms with Gasteiger partial charge in [-0.15, -0.1) is 0 Å². The minimum atomic E-state index is -1.28. The molecular formula is C10H13F3O. The molecule has 0 aliphatic rings. The molecule has 0 fully saturated rings. The van der Waals surface area contributed by atoms with Crippen LogP contribution in [0.1, 0.15) is 26.3 Å². The number of rotatable bonds is 1. The Bertz CT molecular complexity index is 311. The fourth-order valence-electron chi connectivity index (χ4n) is 0.943. The van der Waals surface area contributed by atoms with Gasteiger partial charge in [0.2, 0.25) is 0 Å². The van der Waals surface area contributed by atoms with Crippen LogP contribution >= 0.6 is 0 Å². The molecule has 0 atom stereocenters. The van der Waals surface area contributed by atoms with Gasteiger partial charge in [0.05, 0.1) is 0 Å². The van der Waals surface area contributed by atoms with Gasteiger partial charge in [0.15, 0.2) is 17.4 Å². The van der Waals surface area contributed by atoms with Gasteiger partial charge in [0.25, 0.3) is 0 Å². The molecule has 14 heavy (non-hydrogen) atoms. The van der Waals surface area contributed by atoms with E-state index in [4.69, 9.17) is 5.11 Å². The fraction of sp³-hybridized carbons (Fsp3) is 0.400. The van der Waals surface area contributed by atoms with Crippen LogP contribution in [-0.2, 0) is 6.42 Å². The van der Waals surface area contributed by atoms with E-state index in [1.165, 1.54) is 6.92 Å². The molecule has 0 aliphatic heterocycles. The van der Waals surface area contributed by atoms with Gasteiger partial charge in [-0.25, -0.2) is 13.2 Å². The standard InChI is InChI=1S/C8H7F3O.C2H6/c1-2-4-5(9)3-6(10)8(12)7(4)11;1-2/h3,12H,2H2,1H3;1-2H3. The average molecular weight is 206 g/mol. The summed E-state index contributed by atoms with van der Waals surface area (Å²) in [5.74, 6) is -4.57. The van der Waals surface area contributed by atoms with Crippen LogP contribution in [0, 0.1) is 17.5 Å². The molecule has 80 valence electrons. The molecule has 0 radical (unpaired) electrons. The molecule has 0 amide bonds. The van der Waals surface area contributed by atoms with E-state index in [2.05, 4.69) is 0 Å². The molecule has 0 unspecified atom stereocenters.